The van der Waals surface area contributed by atoms with E-state index in [-0.39, 0.29) is 6.42 Å². The van der Waals surface area contributed by atoms with Crippen molar-refractivity contribution in [2.75, 3.05) is 0 Å². The minimum absolute atomic E-state index is 0.144. The number of halogens is 1. The molecule has 98 valence electrons. The molecule has 18 heavy (non-hydrogen) atoms. The van der Waals surface area contributed by atoms with Gasteiger partial charge in [0.05, 0.1) is 0 Å². The van der Waals surface area contributed by atoms with Crippen molar-refractivity contribution in [1.82, 2.24) is 0 Å². The summed E-state index contributed by atoms with van der Waals surface area (Å²) in [6.07, 6.45) is 0.144. The van der Waals surface area contributed by atoms with E-state index >= 15 is 0 Å². The molecule has 0 aromatic heterocycles. The summed E-state index contributed by atoms with van der Waals surface area (Å²) in [5.74, 6) is -0.696. The third-order valence-electron chi connectivity index (χ3n) is 2.58. The van der Waals surface area contributed by atoms with Gasteiger partial charge in [0.2, 0.25) is 5.79 Å². The number of aliphatic carboxylic acids is 1. The molecule has 0 aliphatic carbocycles. The van der Waals surface area contributed by atoms with Gasteiger partial charge in [0.1, 0.15) is 6.04 Å². The van der Waals surface area contributed by atoms with Gasteiger partial charge < -0.3 is 20.3 Å². The average molecular weight is 272 g/mol. The molecule has 1 unspecified atom stereocenters. The number of rotatable bonds is 3. The number of fused-ring (bicyclic) bond motifs is 1. The lowest BCUT2D eigenvalue weighted by Gasteiger charge is -2.16. The molecule has 0 spiro atoms. The molecule has 6 heteroatoms. The van der Waals surface area contributed by atoms with Crippen molar-refractivity contribution in [2.45, 2.75) is 32.1 Å². The molecule has 5 nitrogen and oxygen atoms in total. The fraction of sp³-hybridized carbons (Fsp3) is 0.417. The maximum absolute atomic E-state index is 10.7. The van der Waals surface area contributed by atoms with Crippen molar-refractivity contribution in [3.8, 4) is 11.5 Å². The highest BCUT2D eigenvalue weighted by molar-refractivity contribution is 6.31. The molecule has 2 rings (SSSR count). The Bertz CT molecular complexity index is 501. The largest absolute Gasteiger partial charge is 0.480 e. The zero-order chi connectivity index (χ0) is 13.5. The van der Waals surface area contributed by atoms with E-state index < -0.39 is 17.8 Å². The van der Waals surface area contributed by atoms with Crippen molar-refractivity contribution >= 4 is 17.6 Å². The Balaban J connectivity index is 2.28. The fourth-order valence-electron chi connectivity index (χ4n) is 1.77. The Morgan fingerprint density at radius 1 is 1.44 bits per heavy atom. The Morgan fingerprint density at radius 3 is 2.56 bits per heavy atom. The van der Waals surface area contributed by atoms with E-state index in [1.165, 1.54) is 0 Å². The number of ether oxygens (including phenoxy) is 2. The molecule has 0 amide bonds. The third-order valence-corrected chi connectivity index (χ3v) is 2.93. The highest BCUT2D eigenvalue weighted by Crippen LogP contribution is 2.42. The van der Waals surface area contributed by atoms with Gasteiger partial charge in [-0.3, -0.25) is 4.79 Å². The first kappa shape index (κ1) is 13.0. The normalized spacial score (nSPS) is 17.6. The number of benzene rings is 1. The minimum atomic E-state index is -1.07. The molecule has 1 heterocycles. The minimum Gasteiger partial charge on any atom is -0.480 e. The van der Waals surface area contributed by atoms with E-state index in [2.05, 4.69) is 0 Å². The summed E-state index contributed by atoms with van der Waals surface area (Å²) in [6, 6.07) is 2.31. The first-order chi connectivity index (χ1) is 8.28. The first-order valence-corrected chi connectivity index (χ1v) is 5.85. The highest BCUT2D eigenvalue weighted by atomic mass is 35.5. The molecule has 0 fully saturated rings. The maximum Gasteiger partial charge on any atom is 0.320 e. The van der Waals surface area contributed by atoms with E-state index in [4.69, 9.17) is 31.9 Å². The van der Waals surface area contributed by atoms with E-state index in [0.29, 0.717) is 22.1 Å². The first-order valence-electron chi connectivity index (χ1n) is 5.47. The maximum atomic E-state index is 10.7. The van der Waals surface area contributed by atoms with Crippen molar-refractivity contribution in [3.05, 3.63) is 22.7 Å². The third kappa shape index (κ3) is 2.52. The van der Waals surface area contributed by atoms with Gasteiger partial charge in [-0.25, -0.2) is 0 Å². The Morgan fingerprint density at radius 2 is 2.00 bits per heavy atom. The number of hydrogen-bond acceptors (Lipinski definition) is 4. The van der Waals surface area contributed by atoms with Gasteiger partial charge in [0, 0.05) is 24.9 Å². The van der Waals surface area contributed by atoms with Crippen LogP contribution in [-0.4, -0.2) is 22.9 Å². The van der Waals surface area contributed by atoms with Crippen LogP contribution in [-0.2, 0) is 11.2 Å². The van der Waals surface area contributed by atoms with Gasteiger partial charge in [-0.2, -0.15) is 0 Å². The molecule has 1 aliphatic rings. The van der Waals surface area contributed by atoms with Crippen molar-refractivity contribution < 1.29 is 19.4 Å². The fourth-order valence-corrected chi connectivity index (χ4v) is 2.00. The molecule has 0 saturated heterocycles. The van der Waals surface area contributed by atoms with Crippen LogP contribution in [0, 0.1) is 0 Å². The van der Waals surface area contributed by atoms with Crippen molar-refractivity contribution in [2.24, 2.45) is 5.73 Å². The van der Waals surface area contributed by atoms with Crippen LogP contribution in [0.2, 0.25) is 5.02 Å². The number of carboxylic acids is 1. The Hall–Kier alpha value is -1.46. The summed E-state index contributed by atoms with van der Waals surface area (Å²) < 4.78 is 11.1. The van der Waals surface area contributed by atoms with Gasteiger partial charge in [-0.1, -0.05) is 11.6 Å². The predicted octanol–water partition coefficient (Wildman–Crippen LogP) is 1.80. The Labute approximate surface area is 109 Å². The molecular formula is C12H14ClNO4. The summed E-state index contributed by atoms with van der Waals surface area (Å²) in [5.41, 5.74) is 6.12. The lowest BCUT2D eigenvalue weighted by molar-refractivity contribution is -0.138. The summed E-state index contributed by atoms with van der Waals surface area (Å²) >= 11 is 6.07. The number of nitrogens with two attached hydrogens (primary N) is 1. The van der Waals surface area contributed by atoms with Crippen LogP contribution in [0.5, 0.6) is 11.5 Å². The molecule has 3 N–H and O–H groups in total. The molecule has 1 aromatic rings. The highest BCUT2D eigenvalue weighted by Gasteiger charge is 2.32. The van der Waals surface area contributed by atoms with E-state index in [1.54, 1.807) is 26.0 Å². The smallest absolute Gasteiger partial charge is 0.320 e. The standard InChI is InChI=1S/C12H14ClNO4/c1-12(2)17-9-4-6(3-8(14)11(15)16)7(13)5-10(9)18-12/h4-5,8H,3,14H2,1-2H3,(H,15,16). The number of carbonyl (C=O) groups is 1. The average Bonchev–Trinajstić information content (AvgIpc) is 2.51. The molecule has 0 radical (unpaired) electrons. The summed E-state index contributed by atoms with van der Waals surface area (Å²) in [7, 11) is 0. The second-order valence-corrected chi connectivity index (χ2v) is 5.05. The second kappa shape index (κ2) is 4.33. The van der Waals surface area contributed by atoms with Crippen molar-refractivity contribution in [1.29, 1.82) is 0 Å². The molecule has 0 saturated carbocycles. The molecular weight excluding hydrogens is 258 g/mol. The van der Waals surface area contributed by atoms with Crippen LogP contribution >= 0.6 is 11.6 Å². The monoisotopic (exact) mass is 271 g/mol. The van der Waals surface area contributed by atoms with Crippen LogP contribution in [0.25, 0.3) is 0 Å². The summed E-state index contributed by atoms with van der Waals surface area (Å²) in [5, 5.41) is 9.21. The topological polar surface area (TPSA) is 81.8 Å². The SMILES string of the molecule is CC1(C)Oc2cc(Cl)c(CC(N)C(=O)O)cc2O1. The number of hydrogen-bond donors (Lipinski definition) is 2. The lowest BCUT2D eigenvalue weighted by atomic mass is 10.1. The molecule has 0 bridgehead atoms. The summed E-state index contributed by atoms with van der Waals surface area (Å²) in [6.45, 7) is 3.56. The van der Waals surface area contributed by atoms with Crippen LogP contribution in [0.4, 0.5) is 0 Å². The lowest BCUT2D eigenvalue weighted by Crippen LogP contribution is -2.32. The zero-order valence-electron chi connectivity index (χ0n) is 10.1. The van der Waals surface area contributed by atoms with E-state index in [0.717, 1.165) is 0 Å². The van der Waals surface area contributed by atoms with Gasteiger partial charge in [0.25, 0.3) is 0 Å². The zero-order valence-corrected chi connectivity index (χ0v) is 10.8. The van der Waals surface area contributed by atoms with E-state index in [9.17, 15) is 4.79 Å². The van der Waals surface area contributed by atoms with E-state index in [1.807, 2.05) is 0 Å². The van der Waals surface area contributed by atoms with Crippen molar-refractivity contribution in [3.63, 3.8) is 0 Å². The number of carboxylic acid groups (broad SMARTS) is 1. The quantitative estimate of drug-likeness (QED) is 0.876. The second-order valence-electron chi connectivity index (χ2n) is 4.64. The predicted molar refractivity (Wildman–Crippen MR) is 66.1 cm³/mol. The van der Waals surface area contributed by atoms with Crippen LogP contribution in [0.1, 0.15) is 19.4 Å². The van der Waals surface area contributed by atoms with Crippen LogP contribution in [0.3, 0.4) is 0 Å². The van der Waals surface area contributed by atoms with Gasteiger partial charge in [-0.15, -0.1) is 0 Å². The summed E-state index contributed by atoms with van der Waals surface area (Å²) in [4.78, 5) is 10.7. The van der Waals surface area contributed by atoms with Gasteiger partial charge in [0.15, 0.2) is 11.5 Å². The van der Waals surface area contributed by atoms with Crippen LogP contribution in [0.15, 0.2) is 12.1 Å². The molecule has 1 aromatic carbocycles. The van der Waals surface area contributed by atoms with Gasteiger partial charge >= 0.3 is 5.97 Å². The van der Waals surface area contributed by atoms with Crippen LogP contribution < -0.4 is 15.2 Å². The molecule has 1 atom stereocenters. The van der Waals surface area contributed by atoms with Gasteiger partial charge in [-0.05, 0) is 18.1 Å². The molecule has 1 aliphatic heterocycles. The Kier molecular flexibility index (Phi) is 3.12.